The van der Waals surface area contributed by atoms with Gasteiger partial charge in [0, 0.05) is 24.0 Å². The van der Waals surface area contributed by atoms with E-state index in [1.807, 2.05) is 6.26 Å². The molecule has 1 aromatic carbocycles. The summed E-state index contributed by atoms with van der Waals surface area (Å²) >= 11 is 0. The van der Waals surface area contributed by atoms with Crippen molar-refractivity contribution in [2.75, 3.05) is 6.61 Å². The SMILES string of the molecule is C[C@@H]1OB([C@H](Cc2coc3ccccc23)N([Si](C)(C)C)[Si](C)(C)C)OCC[C@@H]2CCCCCCCCCC[C@H]1C2(C)C. The molecule has 2 aromatic rings. The Balaban J connectivity index is 1.72. The van der Waals surface area contributed by atoms with Crippen LogP contribution in [0.25, 0.3) is 11.0 Å². The minimum Gasteiger partial charge on any atom is -0.464 e. The van der Waals surface area contributed by atoms with Gasteiger partial charge >= 0.3 is 7.12 Å². The summed E-state index contributed by atoms with van der Waals surface area (Å²) in [5.74, 6) is 1.38. The van der Waals surface area contributed by atoms with E-state index in [1.54, 1.807) is 0 Å². The number of para-hydroxylation sites is 1. The van der Waals surface area contributed by atoms with Crippen molar-refractivity contribution in [3.05, 3.63) is 36.1 Å². The molecule has 1 aliphatic carbocycles. The molecule has 1 aromatic heterocycles. The molecule has 7 heteroatoms. The van der Waals surface area contributed by atoms with E-state index in [9.17, 15) is 0 Å². The van der Waals surface area contributed by atoms with Crippen molar-refractivity contribution in [1.82, 2.24) is 4.23 Å². The minimum atomic E-state index is -1.73. The topological polar surface area (TPSA) is 34.8 Å². The number of benzene rings is 1. The van der Waals surface area contributed by atoms with Gasteiger partial charge in [0.15, 0.2) is 0 Å². The van der Waals surface area contributed by atoms with Crippen LogP contribution in [0.1, 0.15) is 97.0 Å². The highest BCUT2D eigenvalue weighted by atomic mass is 28.4. The fourth-order valence-corrected chi connectivity index (χ4v) is 19.3. The molecule has 0 unspecified atom stereocenters. The molecular weight excluding hydrogens is 549 g/mol. The van der Waals surface area contributed by atoms with E-state index in [-0.39, 0.29) is 24.6 Å². The van der Waals surface area contributed by atoms with Gasteiger partial charge in [0.25, 0.3) is 0 Å². The highest BCUT2D eigenvalue weighted by Gasteiger charge is 2.49. The van der Waals surface area contributed by atoms with Crippen LogP contribution in [0.2, 0.25) is 39.3 Å². The van der Waals surface area contributed by atoms with E-state index in [1.165, 1.54) is 75.2 Å². The van der Waals surface area contributed by atoms with E-state index in [2.05, 4.69) is 88.5 Å². The van der Waals surface area contributed by atoms with Crippen molar-refractivity contribution < 1.29 is 13.7 Å². The maximum Gasteiger partial charge on any atom is 0.474 e. The van der Waals surface area contributed by atoms with Crippen LogP contribution in [0.5, 0.6) is 0 Å². The van der Waals surface area contributed by atoms with Crippen molar-refractivity contribution in [2.24, 2.45) is 17.3 Å². The lowest BCUT2D eigenvalue weighted by molar-refractivity contribution is 0.00975. The Morgan fingerprint density at radius 2 is 1.45 bits per heavy atom. The zero-order valence-corrected chi connectivity index (χ0v) is 30.6. The molecule has 4 nitrogen and oxygen atoms in total. The Morgan fingerprint density at radius 1 is 0.857 bits per heavy atom. The first-order chi connectivity index (χ1) is 19.8. The molecule has 236 valence electrons. The number of nitrogens with zero attached hydrogens (tertiary/aromatic N) is 1. The van der Waals surface area contributed by atoms with Gasteiger partial charge in [-0.05, 0) is 61.5 Å². The van der Waals surface area contributed by atoms with Crippen molar-refractivity contribution in [3.63, 3.8) is 0 Å². The molecule has 2 fully saturated rings. The predicted octanol–water partition coefficient (Wildman–Crippen LogP) is 10.3. The summed E-state index contributed by atoms with van der Waals surface area (Å²) < 4.78 is 23.3. The van der Waals surface area contributed by atoms with Gasteiger partial charge < -0.3 is 18.0 Å². The van der Waals surface area contributed by atoms with E-state index in [4.69, 9.17) is 13.7 Å². The lowest BCUT2D eigenvalue weighted by atomic mass is 9.63. The summed E-state index contributed by atoms with van der Waals surface area (Å²) in [6.45, 7) is 23.3. The van der Waals surface area contributed by atoms with Crippen LogP contribution in [-0.4, -0.2) is 46.5 Å². The summed E-state index contributed by atoms with van der Waals surface area (Å²) in [7, 11) is -3.71. The summed E-state index contributed by atoms with van der Waals surface area (Å²) in [6.07, 6.45) is 17.8. The first kappa shape index (κ1) is 34.0. The van der Waals surface area contributed by atoms with Gasteiger partial charge in [-0.25, -0.2) is 0 Å². The lowest BCUT2D eigenvalue weighted by Gasteiger charge is -2.50. The molecule has 1 saturated carbocycles. The largest absolute Gasteiger partial charge is 0.474 e. The van der Waals surface area contributed by atoms with Crippen LogP contribution in [0, 0.1) is 17.3 Å². The zero-order valence-electron chi connectivity index (χ0n) is 28.6. The van der Waals surface area contributed by atoms with Crippen LogP contribution in [-0.2, 0) is 15.7 Å². The molecule has 2 heterocycles. The smallest absolute Gasteiger partial charge is 0.464 e. The van der Waals surface area contributed by atoms with Gasteiger partial charge in [-0.3, -0.25) is 0 Å². The van der Waals surface area contributed by atoms with Gasteiger partial charge in [0.1, 0.15) is 22.1 Å². The molecule has 42 heavy (non-hydrogen) atoms. The van der Waals surface area contributed by atoms with E-state index < -0.39 is 16.5 Å². The second-order valence-corrected chi connectivity index (χ2v) is 26.2. The first-order valence-corrected chi connectivity index (χ1v) is 24.2. The van der Waals surface area contributed by atoms with E-state index in [0.29, 0.717) is 11.8 Å². The van der Waals surface area contributed by atoms with Crippen molar-refractivity contribution in [3.8, 4) is 0 Å². The average molecular weight is 612 g/mol. The predicted molar refractivity (Wildman–Crippen MR) is 186 cm³/mol. The summed E-state index contributed by atoms with van der Waals surface area (Å²) in [6, 6.07) is 8.50. The molecular formula is C35H62BNO3Si2. The second kappa shape index (κ2) is 14.5. The molecule has 2 aliphatic rings. The molecule has 0 amide bonds. The Hall–Kier alpha value is -0.861. The van der Waals surface area contributed by atoms with Gasteiger partial charge in [0.05, 0.1) is 6.26 Å². The van der Waals surface area contributed by atoms with Gasteiger partial charge in [-0.1, -0.05) is 123 Å². The van der Waals surface area contributed by atoms with Crippen LogP contribution >= 0.6 is 0 Å². The lowest BCUT2D eigenvalue weighted by Crippen LogP contribution is -2.68. The Labute approximate surface area is 261 Å². The van der Waals surface area contributed by atoms with E-state index in [0.717, 1.165) is 25.0 Å². The average Bonchev–Trinajstić information content (AvgIpc) is 3.31. The highest BCUT2D eigenvalue weighted by Crippen LogP contribution is 2.46. The third-order valence-corrected chi connectivity index (χ3v) is 18.1. The van der Waals surface area contributed by atoms with Crippen LogP contribution in [0.4, 0.5) is 0 Å². The number of rotatable bonds is 6. The Bertz CT molecular complexity index is 1090. The second-order valence-electron chi connectivity index (χ2n) is 16.1. The maximum absolute atomic E-state index is 7.29. The summed E-state index contributed by atoms with van der Waals surface area (Å²) in [5, 5.41) is 1.23. The zero-order chi connectivity index (χ0) is 30.5. The molecule has 1 aliphatic heterocycles. The summed E-state index contributed by atoms with van der Waals surface area (Å²) in [4.78, 5) is 0. The molecule has 0 N–H and O–H groups in total. The maximum atomic E-state index is 7.29. The first-order valence-electron chi connectivity index (χ1n) is 17.3. The highest BCUT2D eigenvalue weighted by molar-refractivity contribution is 6.90. The summed E-state index contributed by atoms with van der Waals surface area (Å²) in [5.41, 5.74) is 2.49. The third kappa shape index (κ3) is 8.44. The molecule has 1 saturated heterocycles. The van der Waals surface area contributed by atoms with Gasteiger partial charge in [-0.2, -0.15) is 0 Å². The van der Waals surface area contributed by atoms with Crippen LogP contribution in [0.3, 0.4) is 0 Å². The number of furan rings is 1. The fraction of sp³-hybridized carbons (Fsp3) is 0.771. The Morgan fingerprint density at radius 3 is 2.10 bits per heavy atom. The third-order valence-electron chi connectivity index (χ3n) is 10.6. The van der Waals surface area contributed by atoms with Gasteiger partial charge in [-0.15, -0.1) is 0 Å². The van der Waals surface area contributed by atoms with Gasteiger partial charge in [0.2, 0.25) is 0 Å². The number of hydrogen-bond donors (Lipinski definition) is 0. The standard InChI is InChI=1S/C35H62BNO3Si2/c1-28-32-22-17-15-13-11-10-12-14-16-20-30(35(32,2)3)24-25-39-36(40-28)34(37(41(4,5)6)42(7,8)9)26-29-27-38-33-23-19-18-21-31(29)33/h18-19,21,23,27-28,30,32,34H,10-17,20,22,24-26H2,1-9H3/t28-,30-,32+,34-/m0/s1. The molecule has 4 rings (SSSR count). The monoisotopic (exact) mass is 611 g/mol. The van der Waals surface area contributed by atoms with E-state index >= 15 is 0 Å². The molecule has 4 atom stereocenters. The molecule has 0 spiro atoms. The van der Waals surface area contributed by atoms with Crippen molar-refractivity contribution in [1.29, 1.82) is 0 Å². The molecule has 2 bridgehead atoms. The number of hydrogen-bond acceptors (Lipinski definition) is 4. The molecule has 0 radical (unpaired) electrons. The normalized spacial score (nSPS) is 26.4. The quantitative estimate of drug-likeness (QED) is 0.305. The Kier molecular flexibility index (Phi) is 11.7. The van der Waals surface area contributed by atoms with Crippen LogP contribution < -0.4 is 0 Å². The van der Waals surface area contributed by atoms with Crippen molar-refractivity contribution >= 4 is 34.6 Å². The number of fused-ring (bicyclic) bond motifs is 3. The van der Waals surface area contributed by atoms with Crippen molar-refractivity contribution in [2.45, 2.75) is 149 Å². The fourth-order valence-electron chi connectivity index (χ4n) is 8.82. The van der Waals surface area contributed by atoms with Crippen LogP contribution in [0.15, 0.2) is 34.9 Å². The minimum absolute atomic E-state index is 0.157.